The molecular weight excluding hydrogens is 722 g/mol. The molecule has 10 nitrogen and oxygen atoms in total. The molecule has 4 heterocycles. The van der Waals surface area contributed by atoms with Crippen molar-refractivity contribution in [3.63, 3.8) is 0 Å². The number of hydrogen-bond acceptors (Lipinski definition) is 10. The molecule has 0 N–H and O–H groups in total. The zero-order valence-corrected chi connectivity index (χ0v) is 32.0. The van der Waals surface area contributed by atoms with E-state index in [1.807, 2.05) is 12.1 Å². The number of nitrogens with zero attached hydrogens (tertiary/aromatic N) is 6. The lowest BCUT2D eigenvalue weighted by Gasteiger charge is -2.34. The number of aromatic nitrogens is 2. The Balaban J connectivity index is 1.39. The number of esters is 1. The molecule has 14 heteroatoms. The fourth-order valence-electron chi connectivity index (χ4n) is 6.89. The van der Waals surface area contributed by atoms with E-state index in [9.17, 15) is 4.79 Å². The molecule has 2 aliphatic heterocycles. The van der Waals surface area contributed by atoms with Crippen LogP contribution in [-0.4, -0.2) is 123 Å². The summed E-state index contributed by atoms with van der Waals surface area (Å²) in [4.78, 5) is 32.9. The predicted octanol–water partition coefficient (Wildman–Crippen LogP) is 6.87. The summed E-state index contributed by atoms with van der Waals surface area (Å²) in [5.74, 6) is 0.294. The third-order valence-electron chi connectivity index (χ3n) is 9.83. The normalized spacial score (nSPS) is 17.4. The topological polar surface area (TPSA) is 83.5 Å². The minimum absolute atomic E-state index is 0.0451. The highest BCUT2D eigenvalue weighted by molar-refractivity contribution is 6.35. The van der Waals surface area contributed by atoms with E-state index in [-0.39, 0.29) is 28.4 Å². The van der Waals surface area contributed by atoms with Gasteiger partial charge in [0.25, 0.3) is 0 Å². The van der Waals surface area contributed by atoms with E-state index in [4.69, 9.17) is 60.6 Å². The second kappa shape index (κ2) is 15.9. The monoisotopic (exact) mass is 762 g/mol. The summed E-state index contributed by atoms with van der Waals surface area (Å²) in [6.07, 6.45) is 0. The van der Waals surface area contributed by atoms with Gasteiger partial charge in [-0.25, -0.2) is 14.8 Å². The van der Waals surface area contributed by atoms with Crippen molar-refractivity contribution in [1.82, 2.24) is 29.6 Å². The number of piperazine rings is 2. The number of benzene rings is 2. The van der Waals surface area contributed by atoms with E-state index >= 15 is 0 Å². The summed E-state index contributed by atoms with van der Waals surface area (Å²) in [5.41, 5.74) is 3.66. The first kappa shape index (κ1) is 37.1. The van der Waals surface area contributed by atoms with Crippen molar-refractivity contribution in [2.24, 2.45) is 0 Å². The van der Waals surface area contributed by atoms with Crippen LogP contribution in [0.1, 0.15) is 39.9 Å². The summed E-state index contributed by atoms with van der Waals surface area (Å²) in [6.45, 7) is 10.7. The van der Waals surface area contributed by atoms with Gasteiger partial charge in [0.15, 0.2) is 0 Å². The lowest BCUT2D eigenvalue weighted by molar-refractivity contribution is 0.0468. The van der Waals surface area contributed by atoms with Gasteiger partial charge in [0.05, 0.1) is 35.3 Å². The van der Waals surface area contributed by atoms with E-state index in [0.717, 1.165) is 74.3 Å². The molecule has 1 atom stereocenters. The molecule has 0 saturated carbocycles. The van der Waals surface area contributed by atoms with Crippen LogP contribution in [0.4, 0.5) is 0 Å². The van der Waals surface area contributed by atoms with Crippen molar-refractivity contribution in [3.8, 4) is 11.5 Å². The highest BCUT2D eigenvalue weighted by Crippen LogP contribution is 2.39. The van der Waals surface area contributed by atoms with Gasteiger partial charge in [-0.05, 0) is 55.4 Å². The smallest absolute Gasteiger partial charge is 0.341 e. The predicted molar refractivity (Wildman–Crippen MR) is 201 cm³/mol. The number of pyridine rings is 2. The number of ether oxygens (including phenoxy) is 3. The van der Waals surface area contributed by atoms with Crippen LogP contribution in [0.2, 0.25) is 20.4 Å². The molecule has 2 aliphatic rings. The summed E-state index contributed by atoms with van der Waals surface area (Å²) >= 11 is 26.7. The lowest BCUT2D eigenvalue weighted by atomic mass is 9.91. The van der Waals surface area contributed by atoms with Gasteiger partial charge in [0, 0.05) is 81.8 Å². The van der Waals surface area contributed by atoms with Crippen LogP contribution in [0.15, 0.2) is 24.3 Å². The number of rotatable bonds is 10. The minimum Gasteiger partial charge on any atom is -0.495 e. The molecule has 2 aromatic heterocycles. The fourth-order valence-corrected chi connectivity index (χ4v) is 7.89. The molecule has 6 rings (SSSR count). The third-order valence-corrected chi connectivity index (χ3v) is 11.0. The Morgan fingerprint density at radius 2 is 1.26 bits per heavy atom. The van der Waals surface area contributed by atoms with Crippen LogP contribution in [0.25, 0.3) is 21.8 Å². The summed E-state index contributed by atoms with van der Waals surface area (Å²) < 4.78 is 17.3. The van der Waals surface area contributed by atoms with Crippen molar-refractivity contribution < 1.29 is 19.0 Å². The lowest BCUT2D eigenvalue weighted by Crippen LogP contribution is -2.45. The number of carbonyl (C=O) groups is 1. The van der Waals surface area contributed by atoms with Crippen LogP contribution in [0.5, 0.6) is 11.5 Å². The number of likely N-dealkylation sites (N-methyl/N-ethyl adjacent to an activating group) is 2. The van der Waals surface area contributed by atoms with Crippen LogP contribution >= 0.6 is 46.4 Å². The van der Waals surface area contributed by atoms with E-state index < -0.39 is 5.97 Å². The van der Waals surface area contributed by atoms with Gasteiger partial charge in [0.1, 0.15) is 34.0 Å². The van der Waals surface area contributed by atoms with Gasteiger partial charge in [-0.3, -0.25) is 4.90 Å². The molecule has 0 amide bonds. The molecule has 0 bridgehead atoms. The largest absolute Gasteiger partial charge is 0.495 e. The first-order valence-electron chi connectivity index (χ1n) is 16.7. The maximum Gasteiger partial charge on any atom is 0.341 e. The van der Waals surface area contributed by atoms with Crippen LogP contribution in [0, 0.1) is 0 Å². The van der Waals surface area contributed by atoms with Gasteiger partial charge in [-0.1, -0.05) is 53.3 Å². The zero-order valence-electron chi connectivity index (χ0n) is 29.0. The average molecular weight is 765 g/mol. The first-order chi connectivity index (χ1) is 24.0. The van der Waals surface area contributed by atoms with Gasteiger partial charge in [-0.15, -0.1) is 0 Å². The van der Waals surface area contributed by atoms with E-state index in [0.29, 0.717) is 51.2 Å². The van der Waals surface area contributed by atoms with Gasteiger partial charge < -0.3 is 28.9 Å². The van der Waals surface area contributed by atoms with Crippen LogP contribution in [0.3, 0.4) is 0 Å². The summed E-state index contributed by atoms with van der Waals surface area (Å²) in [6, 6.07) is 7.16. The number of fused-ring (bicyclic) bond motifs is 2. The Bertz CT molecular complexity index is 1900. The molecule has 2 saturated heterocycles. The SMILES string of the molecule is COc1cc2c(CN3CCN(C)CC3)c(COC(=O)c3c(Cl)nc4cc(Cl)c(OC)cc4c3C(C)CN3CCN(C)CC3)c(Cl)nc2cc1Cl. The Morgan fingerprint density at radius 3 is 1.84 bits per heavy atom. The number of carbonyl (C=O) groups excluding carboxylic acids is 1. The average Bonchev–Trinajstić information content (AvgIpc) is 3.08. The molecule has 0 spiro atoms. The van der Waals surface area contributed by atoms with Gasteiger partial charge >= 0.3 is 5.97 Å². The Morgan fingerprint density at radius 1 is 0.740 bits per heavy atom. The molecule has 4 aromatic rings. The Kier molecular flexibility index (Phi) is 11.8. The minimum atomic E-state index is -0.603. The third kappa shape index (κ3) is 7.88. The second-order valence-corrected chi connectivity index (χ2v) is 14.7. The molecular formula is C36H42Cl4N6O4. The van der Waals surface area contributed by atoms with E-state index in [1.54, 1.807) is 26.4 Å². The number of hydrogen-bond donors (Lipinski definition) is 0. The van der Waals surface area contributed by atoms with Crippen molar-refractivity contribution in [2.45, 2.75) is 26.0 Å². The number of methoxy groups -OCH3 is 2. The maximum atomic E-state index is 14.3. The van der Waals surface area contributed by atoms with Crippen molar-refractivity contribution >= 4 is 74.2 Å². The Labute approximate surface area is 313 Å². The molecule has 1 unspecified atom stereocenters. The molecule has 0 radical (unpaired) electrons. The highest BCUT2D eigenvalue weighted by atomic mass is 35.5. The quantitative estimate of drug-likeness (QED) is 0.126. The molecule has 0 aliphatic carbocycles. The summed E-state index contributed by atoms with van der Waals surface area (Å²) in [7, 11) is 7.38. The first-order valence-corrected chi connectivity index (χ1v) is 18.2. The highest BCUT2D eigenvalue weighted by Gasteiger charge is 2.29. The van der Waals surface area contributed by atoms with Crippen molar-refractivity contribution in [2.75, 3.05) is 87.2 Å². The van der Waals surface area contributed by atoms with Crippen LogP contribution in [-0.2, 0) is 17.9 Å². The van der Waals surface area contributed by atoms with Gasteiger partial charge in [0.2, 0.25) is 0 Å². The molecule has 2 aromatic carbocycles. The van der Waals surface area contributed by atoms with E-state index in [1.165, 1.54) is 0 Å². The fraction of sp³-hybridized carbons (Fsp3) is 0.472. The summed E-state index contributed by atoms with van der Waals surface area (Å²) in [5, 5.41) is 2.68. The Hall–Kier alpha value is -2.67. The zero-order chi connectivity index (χ0) is 35.7. The van der Waals surface area contributed by atoms with Gasteiger partial charge in [-0.2, -0.15) is 0 Å². The van der Waals surface area contributed by atoms with Crippen LogP contribution < -0.4 is 9.47 Å². The van der Waals surface area contributed by atoms with Crippen molar-refractivity contribution in [3.05, 3.63) is 66.9 Å². The van der Waals surface area contributed by atoms with Crippen molar-refractivity contribution in [1.29, 1.82) is 0 Å². The second-order valence-electron chi connectivity index (χ2n) is 13.2. The van der Waals surface area contributed by atoms with E-state index in [2.05, 4.69) is 50.6 Å². The molecule has 2 fully saturated rings. The molecule has 268 valence electrons. The standard InChI is InChI=1S/C36H42Cl4N6O4/c1-21(18-45-10-6-43(2)7-11-45)32-23-15-31(49-5)27(38)17-29(23)42-35(40)33(32)36(47)50-20-25-24(19-46-12-8-44(3)9-13-46)22-14-30(48-4)26(37)16-28(22)41-34(25)39/h14-17,21H,6-13,18-20H2,1-5H3. The maximum absolute atomic E-state index is 14.3. The number of halogens is 4. The molecule has 50 heavy (non-hydrogen) atoms.